The highest BCUT2D eigenvalue weighted by atomic mass is 16.3. The van der Waals surface area contributed by atoms with Gasteiger partial charge >= 0.3 is 0 Å². The molecule has 0 radical (unpaired) electrons. The Hall–Kier alpha value is -2.89. The first-order chi connectivity index (χ1) is 9.63. The number of benzene rings is 1. The van der Waals surface area contributed by atoms with Gasteiger partial charge in [0, 0.05) is 5.56 Å². The molecule has 2 heterocycles. The van der Waals surface area contributed by atoms with Crippen LogP contribution >= 0.6 is 0 Å². The molecule has 100 valence electrons. The number of carbonyl (C=O) groups is 3. The van der Waals surface area contributed by atoms with Crippen molar-refractivity contribution < 1.29 is 18.8 Å². The van der Waals surface area contributed by atoms with Gasteiger partial charge in [0.05, 0.1) is 23.2 Å². The van der Waals surface area contributed by atoms with Crippen LogP contribution in [-0.4, -0.2) is 17.6 Å². The largest absolute Gasteiger partial charge is 0.472 e. The molecule has 3 rings (SSSR count). The number of ketones is 1. The predicted molar refractivity (Wildman–Crippen MR) is 70.5 cm³/mol. The average Bonchev–Trinajstić information content (AvgIpc) is 2.88. The molecule has 6 nitrogen and oxygen atoms in total. The number of amides is 2. The summed E-state index contributed by atoms with van der Waals surface area (Å²) >= 11 is 0. The van der Waals surface area contributed by atoms with E-state index in [2.05, 4.69) is 10.6 Å². The fourth-order valence-corrected chi connectivity index (χ4v) is 1.99. The summed E-state index contributed by atoms with van der Waals surface area (Å²) in [7, 11) is 0. The van der Waals surface area contributed by atoms with Crippen molar-refractivity contribution in [3.8, 4) is 0 Å². The molecule has 0 saturated heterocycles. The second kappa shape index (κ2) is 4.65. The highest BCUT2D eigenvalue weighted by Crippen LogP contribution is 2.26. The van der Waals surface area contributed by atoms with Gasteiger partial charge in [-0.3, -0.25) is 14.4 Å². The van der Waals surface area contributed by atoms with E-state index in [0.29, 0.717) is 22.5 Å². The van der Waals surface area contributed by atoms with Crippen molar-refractivity contribution in [1.82, 2.24) is 0 Å². The topological polar surface area (TPSA) is 88.4 Å². The molecule has 2 aromatic rings. The summed E-state index contributed by atoms with van der Waals surface area (Å²) in [4.78, 5) is 35.1. The van der Waals surface area contributed by atoms with Crippen molar-refractivity contribution in [3.05, 3.63) is 47.9 Å². The maximum absolute atomic E-state index is 12.2. The van der Waals surface area contributed by atoms with Gasteiger partial charge in [0.1, 0.15) is 12.7 Å². The van der Waals surface area contributed by atoms with Crippen LogP contribution in [0.5, 0.6) is 0 Å². The first kappa shape index (κ1) is 12.2. The number of carbonyl (C=O) groups excluding carboxylic acids is 3. The van der Waals surface area contributed by atoms with Crippen molar-refractivity contribution in [1.29, 1.82) is 0 Å². The zero-order chi connectivity index (χ0) is 14.1. The normalized spacial score (nSPS) is 14.0. The predicted octanol–water partition coefficient (Wildman–Crippen LogP) is 1.79. The summed E-state index contributed by atoms with van der Waals surface area (Å²) < 4.78 is 4.87. The molecule has 0 atom stereocenters. The molecule has 20 heavy (non-hydrogen) atoms. The summed E-state index contributed by atoms with van der Waals surface area (Å²) in [6, 6.07) is 6.28. The molecule has 0 saturated carbocycles. The molecule has 6 heteroatoms. The Morgan fingerprint density at radius 3 is 2.45 bits per heavy atom. The van der Waals surface area contributed by atoms with Crippen LogP contribution in [0, 0.1) is 0 Å². The number of furan rings is 1. The first-order valence-corrected chi connectivity index (χ1v) is 5.94. The number of rotatable bonds is 2. The second-order valence-corrected chi connectivity index (χ2v) is 4.37. The van der Waals surface area contributed by atoms with Crippen molar-refractivity contribution in [2.24, 2.45) is 0 Å². The molecule has 0 bridgehead atoms. The van der Waals surface area contributed by atoms with Gasteiger partial charge in [0.25, 0.3) is 0 Å². The molecule has 1 aromatic heterocycles. The molecule has 1 aliphatic heterocycles. The Morgan fingerprint density at radius 1 is 1.00 bits per heavy atom. The van der Waals surface area contributed by atoms with Crippen molar-refractivity contribution in [2.75, 3.05) is 10.6 Å². The minimum atomic E-state index is -0.408. The Kier molecular flexibility index (Phi) is 2.83. The van der Waals surface area contributed by atoms with E-state index in [4.69, 9.17) is 4.42 Å². The van der Waals surface area contributed by atoms with Crippen LogP contribution in [0.4, 0.5) is 11.4 Å². The minimum Gasteiger partial charge on any atom is -0.472 e. The third-order valence-electron chi connectivity index (χ3n) is 2.93. The quantitative estimate of drug-likeness (QED) is 0.643. The molecule has 2 amide bonds. The van der Waals surface area contributed by atoms with E-state index in [1.54, 1.807) is 18.2 Å². The van der Waals surface area contributed by atoms with E-state index in [0.717, 1.165) is 0 Å². The number of hydrogen-bond acceptors (Lipinski definition) is 4. The van der Waals surface area contributed by atoms with Crippen molar-refractivity contribution in [3.63, 3.8) is 0 Å². The number of fused-ring (bicyclic) bond motifs is 1. The molecule has 0 aliphatic carbocycles. The summed E-state index contributed by atoms with van der Waals surface area (Å²) in [5.74, 6) is -1.00. The van der Waals surface area contributed by atoms with Gasteiger partial charge in [0.15, 0.2) is 5.78 Å². The van der Waals surface area contributed by atoms with E-state index in [-0.39, 0.29) is 18.1 Å². The lowest BCUT2D eigenvalue weighted by atomic mass is 10.0. The van der Waals surface area contributed by atoms with E-state index in [1.165, 1.54) is 18.6 Å². The summed E-state index contributed by atoms with van der Waals surface area (Å²) in [6.45, 7) is 0. The smallest absolute Gasteiger partial charge is 0.233 e. The number of nitrogens with one attached hydrogen (secondary N) is 2. The van der Waals surface area contributed by atoms with Crippen LogP contribution in [0.15, 0.2) is 41.2 Å². The summed E-state index contributed by atoms with van der Waals surface area (Å²) in [5, 5.41) is 5.20. The Labute approximate surface area is 113 Å². The van der Waals surface area contributed by atoms with Gasteiger partial charge in [-0.1, -0.05) is 0 Å². The molecule has 1 aromatic carbocycles. The van der Waals surface area contributed by atoms with Crippen molar-refractivity contribution >= 4 is 29.0 Å². The van der Waals surface area contributed by atoms with Gasteiger partial charge in [-0.15, -0.1) is 0 Å². The van der Waals surface area contributed by atoms with Crippen LogP contribution in [0.2, 0.25) is 0 Å². The van der Waals surface area contributed by atoms with Gasteiger partial charge in [-0.05, 0) is 24.3 Å². The Bertz CT molecular complexity index is 704. The lowest BCUT2D eigenvalue weighted by Crippen LogP contribution is -2.16. The summed E-state index contributed by atoms with van der Waals surface area (Å²) in [6.07, 6.45) is 2.53. The molecule has 0 spiro atoms. The third-order valence-corrected chi connectivity index (χ3v) is 2.93. The average molecular weight is 270 g/mol. The van der Waals surface area contributed by atoms with Crippen LogP contribution in [0.25, 0.3) is 0 Å². The maximum Gasteiger partial charge on any atom is 0.233 e. The van der Waals surface area contributed by atoms with Gasteiger partial charge in [0.2, 0.25) is 11.8 Å². The molecule has 0 unspecified atom stereocenters. The fraction of sp³-hybridized carbons (Fsp3) is 0.0714. The van der Waals surface area contributed by atoms with E-state index < -0.39 is 5.91 Å². The standard InChI is InChI=1S/C14H10N2O4/c17-12-6-13(18)16-11-5-8(1-2-10(11)15-12)14(19)9-3-4-20-7-9/h1-5,7H,6H2,(H,15,17)(H,16,18). The van der Waals surface area contributed by atoms with Crippen LogP contribution in [0.1, 0.15) is 22.3 Å². The van der Waals surface area contributed by atoms with Gasteiger partial charge in [-0.25, -0.2) is 0 Å². The number of hydrogen-bond donors (Lipinski definition) is 2. The van der Waals surface area contributed by atoms with E-state index in [1.807, 2.05) is 0 Å². The molecule has 0 fully saturated rings. The molecule has 1 aliphatic rings. The molecular weight excluding hydrogens is 260 g/mol. The van der Waals surface area contributed by atoms with Crippen LogP contribution in [0.3, 0.4) is 0 Å². The number of anilines is 2. The van der Waals surface area contributed by atoms with Crippen LogP contribution < -0.4 is 10.6 Å². The Balaban J connectivity index is 1.99. The Morgan fingerprint density at radius 2 is 1.75 bits per heavy atom. The zero-order valence-corrected chi connectivity index (χ0v) is 10.3. The lowest BCUT2D eigenvalue weighted by molar-refractivity contribution is -0.123. The summed E-state index contributed by atoms with van der Waals surface area (Å²) in [5.41, 5.74) is 1.72. The van der Waals surface area contributed by atoms with Gasteiger partial charge in [-0.2, -0.15) is 0 Å². The zero-order valence-electron chi connectivity index (χ0n) is 10.3. The van der Waals surface area contributed by atoms with Crippen LogP contribution in [-0.2, 0) is 9.59 Å². The molecular formula is C14H10N2O4. The minimum absolute atomic E-state index is 0.216. The fourth-order valence-electron chi connectivity index (χ4n) is 1.99. The SMILES string of the molecule is O=C1CC(=O)Nc2cc(C(=O)c3ccoc3)ccc2N1. The first-order valence-electron chi connectivity index (χ1n) is 5.94. The second-order valence-electron chi connectivity index (χ2n) is 4.37. The lowest BCUT2D eigenvalue weighted by Gasteiger charge is -2.08. The monoisotopic (exact) mass is 270 g/mol. The van der Waals surface area contributed by atoms with Gasteiger partial charge < -0.3 is 15.1 Å². The van der Waals surface area contributed by atoms with Crippen molar-refractivity contribution in [2.45, 2.75) is 6.42 Å². The maximum atomic E-state index is 12.2. The van der Waals surface area contributed by atoms with E-state index in [9.17, 15) is 14.4 Å². The highest BCUT2D eigenvalue weighted by Gasteiger charge is 2.20. The third kappa shape index (κ3) is 2.18. The van der Waals surface area contributed by atoms with E-state index >= 15 is 0 Å². The molecule has 2 N–H and O–H groups in total. The highest BCUT2D eigenvalue weighted by molar-refractivity contribution is 6.15.